The molecule has 2 aliphatic heterocycles. The minimum absolute atomic E-state index is 0.235. The molecule has 0 spiro atoms. The van der Waals surface area contributed by atoms with Crippen molar-refractivity contribution in [2.45, 2.75) is 49.6 Å². The summed E-state index contributed by atoms with van der Waals surface area (Å²) in [5, 5.41) is 0. The van der Waals surface area contributed by atoms with E-state index < -0.39 is 0 Å². The number of halogens is 1. The monoisotopic (exact) mass is 509 g/mol. The Morgan fingerprint density at radius 2 is 1.39 bits per heavy atom. The smallest absolute Gasteiger partial charge is 0.414 e. The van der Waals surface area contributed by atoms with Crippen molar-refractivity contribution in [3.8, 4) is 0 Å². The molecule has 170 valence electrons. The van der Waals surface area contributed by atoms with Gasteiger partial charge in [-0.25, -0.2) is 14.4 Å². The van der Waals surface area contributed by atoms with E-state index in [1.54, 1.807) is 15.9 Å². The van der Waals surface area contributed by atoms with Gasteiger partial charge in [-0.3, -0.25) is 9.80 Å². The number of nitrogens with zero attached hydrogens (tertiary/aromatic N) is 3. The maximum Gasteiger partial charge on any atom is 0.414 e. The van der Waals surface area contributed by atoms with Crippen LogP contribution in [-0.4, -0.2) is 38.5 Å². The van der Waals surface area contributed by atoms with Crippen LogP contribution in [0.3, 0.4) is 0 Å². The molecule has 4 aliphatic rings. The van der Waals surface area contributed by atoms with E-state index in [4.69, 9.17) is 16.0 Å². The van der Waals surface area contributed by atoms with E-state index in [-0.39, 0.29) is 18.2 Å². The average Bonchev–Trinajstić information content (AvgIpc) is 3.14. The van der Waals surface area contributed by atoms with Crippen molar-refractivity contribution in [2.75, 3.05) is 24.0 Å². The quantitative estimate of drug-likeness (QED) is 0.388. The molecule has 2 fully saturated rings. The first-order chi connectivity index (χ1) is 16.0. The second-order valence-electron chi connectivity index (χ2n) is 8.74. The summed E-state index contributed by atoms with van der Waals surface area (Å²) in [6, 6.07) is 12.2. The van der Waals surface area contributed by atoms with Gasteiger partial charge in [-0.15, -0.1) is 0 Å². The minimum atomic E-state index is -0.297. The third-order valence-electron chi connectivity index (χ3n) is 7.33. The largest absolute Gasteiger partial charge is 0.452 e. The van der Waals surface area contributed by atoms with Crippen LogP contribution < -0.4 is 9.80 Å². The van der Waals surface area contributed by atoms with Crippen molar-refractivity contribution >= 4 is 45.2 Å². The number of ether oxygens (including phenoxy) is 2. The van der Waals surface area contributed by atoms with Crippen molar-refractivity contribution in [3.05, 3.63) is 63.4 Å². The summed E-state index contributed by atoms with van der Waals surface area (Å²) in [5.74, 6) is 0.900. The van der Waals surface area contributed by atoms with Crippen LogP contribution in [0.1, 0.15) is 48.6 Å². The van der Waals surface area contributed by atoms with E-state index >= 15 is 0 Å². The SMILES string of the molecule is COC(=O)N1c2ccc(Br)cc2C2CCC21.[C-]#[N+]c1ccc2c(c1)C1CCC1N2C(=O)OC. The fourth-order valence-corrected chi connectivity index (χ4v) is 5.88. The minimum Gasteiger partial charge on any atom is -0.452 e. The number of rotatable bonds is 0. The van der Waals surface area contributed by atoms with Gasteiger partial charge in [-0.2, -0.15) is 0 Å². The summed E-state index contributed by atoms with van der Waals surface area (Å²) in [6.45, 7) is 7.03. The van der Waals surface area contributed by atoms with Gasteiger partial charge in [-0.05, 0) is 61.1 Å². The molecule has 4 atom stereocenters. The predicted octanol–water partition coefficient (Wildman–Crippen LogP) is 6.35. The van der Waals surface area contributed by atoms with Crippen LogP contribution in [0.4, 0.5) is 26.7 Å². The maximum absolute atomic E-state index is 11.8. The Kier molecular flexibility index (Phi) is 5.53. The zero-order chi connectivity index (χ0) is 23.3. The second kappa shape index (κ2) is 8.38. The number of carbonyl (C=O) groups excluding carboxylic acids is 2. The van der Waals surface area contributed by atoms with Gasteiger partial charge in [0.1, 0.15) is 0 Å². The second-order valence-corrected chi connectivity index (χ2v) is 9.66. The van der Waals surface area contributed by atoms with Gasteiger partial charge < -0.3 is 9.47 Å². The maximum atomic E-state index is 11.8. The van der Waals surface area contributed by atoms with Crippen molar-refractivity contribution in [1.82, 2.24) is 0 Å². The van der Waals surface area contributed by atoms with Crippen LogP contribution in [0.25, 0.3) is 4.85 Å². The number of amides is 2. The third kappa shape index (κ3) is 3.37. The molecule has 8 heteroatoms. The number of carbonyl (C=O) groups is 2. The number of anilines is 2. The van der Waals surface area contributed by atoms with Gasteiger partial charge >= 0.3 is 12.2 Å². The lowest BCUT2D eigenvalue weighted by molar-refractivity contribution is 0.170. The van der Waals surface area contributed by atoms with E-state index in [0.717, 1.165) is 40.7 Å². The van der Waals surface area contributed by atoms with Gasteiger partial charge in [0.15, 0.2) is 5.69 Å². The lowest BCUT2D eigenvalue weighted by atomic mass is 9.77. The summed E-state index contributed by atoms with van der Waals surface area (Å²) in [6.07, 6.45) is 3.81. The molecule has 0 radical (unpaired) electrons. The van der Waals surface area contributed by atoms with Gasteiger partial charge in [0, 0.05) is 34.1 Å². The molecule has 2 aliphatic carbocycles. The highest BCUT2D eigenvalue weighted by atomic mass is 79.9. The number of benzene rings is 2. The van der Waals surface area contributed by atoms with E-state index in [1.807, 2.05) is 24.3 Å². The number of fused-ring (bicyclic) bond motifs is 6. The van der Waals surface area contributed by atoms with Gasteiger partial charge in [0.25, 0.3) is 0 Å². The van der Waals surface area contributed by atoms with Crippen LogP contribution >= 0.6 is 15.9 Å². The molecule has 2 heterocycles. The molecule has 4 unspecified atom stereocenters. The Morgan fingerprint density at radius 3 is 1.85 bits per heavy atom. The predicted molar refractivity (Wildman–Crippen MR) is 128 cm³/mol. The number of hydrogen-bond donors (Lipinski definition) is 0. The van der Waals surface area contributed by atoms with E-state index in [1.165, 1.54) is 26.2 Å². The van der Waals surface area contributed by atoms with Gasteiger partial charge in [0.2, 0.25) is 0 Å². The molecule has 0 bridgehead atoms. The summed E-state index contributed by atoms with van der Waals surface area (Å²) >= 11 is 3.48. The van der Waals surface area contributed by atoms with Crippen LogP contribution in [-0.2, 0) is 9.47 Å². The first-order valence-corrected chi connectivity index (χ1v) is 11.8. The Morgan fingerprint density at radius 1 is 0.879 bits per heavy atom. The fourth-order valence-electron chi connectivity index (χ4n) is 5.50. The zero-order valence-electron chi connectivity index (χ0n) is 18.5. The Bertz CT molecular complexity index is 1180. The molecule has 2 aromatic rings. The van der Waals surface area contributed by atoms with E-state index in [2.05, 4.69) is 26.8 Å². The molecular weight excluding hydrogens is 486 g/mol. The van der Waals surface area contributed by atoms with Gasteiger partial charge in [0.05, 0.1) is 26.5 Å². The first-order valence-electron chi connectivity index (χ1n) is 11.0. The summed E-state index contributed by atoms with van der Waals surface area (Å²) in [4.78, 5) is 30.5. The highest BCUT2D eigenvalue weighted by molar-refractivity contribution is 9.10. The number of hydrogen-bond acceptors (Lipinski definition) is 4. The van der Waals surface area contributed by atoms with Crippen molar-refractivity contribution < 1.29 is 19.1 Å². The lowest BCUT2D eigenvalue weighted by Crippen LogP contribution is -2.43. The van der Waals surface area contributed by atoms with Crippen LogP contribution in [0.2, 0.25) is 0 Å². The Balaban J connectivity index is 0.000000139. The van der Waals surface area contributed by atoms with Crippen molar-refractivity contribution in [2.24, 2.45) is 0 Å². The topological polar surface area (TPSA) is 63.4 Å². The highest BCUT2D eigenvalue weighted by Gasteiger charge is 2.48. The van der Waals surface area contributed by atoms with E-state index in [9.17, 15) is 9.59 Å². The van der Waals surface area contributed by atoms with Gasteiger partial charge in [-0.1, -0.05) is 28.1 Å². The zero-order valence-corrected chi connectivity index (χ0v) is 20.0. The van der Waals surface area contributed by atoms with Crippen molar-refractivity contribution in [3.63, 3.8) is 0 Å². The van der Waals surface area contributed by atoms with Crippen LogP contribution in [0.5, 0.6) is 0 Å². The molecule has 0 aromatic heterocycles. The van der Waals surface area contributed by atoms with E-state index in [0.29, 0.717) is 23.6 Å². The molecule has 2 saturated carbocycles. The summed E-state index contributed by atoms with van der Waals surface area (Å²) in [5.41, 5.74) is 4.97. The molecule has 0 N–H and O–H groups in total. The standard InChI is InChI=1S/C13H12N2O2.C12H12BrNO2/c1-14-8-3-5-12-10(7-8)9-4-6-11(9)15(12)13(16)17-2;1-16-12(15)14-10-5-3-8(10)9-6-7(13)2-4-11(9)14/h3,5,7,9,11H,4,6H2,2H3;2,4,6,8,10H,3,5H2,1H3. The summed E-state index contributed by atoms with van der Waals surface area (Å²) < 4.78 is 10.7. The molecular formula is C25H24BrN3O4. The summed E-state index contributed by atoms with van der Waals surface area (Å²) in [7, 11) is 2.84. The molecule has 2 amide bonds. The highest BCUT2D eigenvalue weighted by Crippen LogP contribution is 2.53. The third-order valence-corrected chi connectivity index (χ3v) is 7.82. The lowest BCUT2D eigenvalue weighted by Gasteiger charge is -2.35. The first kappa shape index (κ1) is 21.8. The van der Waals surface area contributed by atoms with Crippen LogP contribution in [0, 0.1) is 6.57 Å². The molecule has 2 aromatic carbocycles. The Labute approximate surface area is 201 Å². The fraction of sp³-hybridized carbons (Fsp3) is 0.400. The molecule has 0 saturated heterocycles. The van der Waals surface area contributed by atoms with Crippen LogP contribution in [0.15, 0.2) is 40.9 Å². The molecule has 6 rings (SSSR count). The Hall–Kier alpha value is -3.05. The van der Waals surface area contributed by atoms with Crippen molar-refractivity contribution in [1.29, 1.82) is 0 Å². The average molecular weight is 510 g/mol. The number of methoxy groups -OCH3 is 2. The molecule has 7 nitrogen and oxygen atoms in total. The normalized spacial score (nSPS) is 25.0. The molecule has 33 heavy (non-hydrogen) atoms.